The summed E-state index contributed by atoms with van der Waals surface area (Å²) in [7, 11) is -2.18. The number of nitrogens with zero attached hydrogens (tertiary/aromatic N) is 4. The van der Waals surface area contributed by atoms with Gasteiger partial charge in [-0.1, -0.05) is 29.6 Å². The molecule has 0 saturated carbocycles. The predicted molar refractivity (Wildman–Crippen MR) is 147 cm³/mol. The number of sulfonamides is 1. The minimum atomic E-state index is -3.78. The first-order valence-corrected chi connectivity index (χ1v) is 13.6. The maximum absolute atomic E-state index is 13.7. The second kappa shape index (κ2) is 11.5. The molecule has 0 radical (unpaired) electrons. The molecule has 0 aliphatic carbocycles. The monoisotopic (exact) mass is 534 g/mol. The van der Waals surface area contributed by atoms with E-state index in [2.05, 4.69) is 23.1 Å². The molecule has 1 amide bonds. The fourth-order valence-electron chi connectivity index (χ4n) is 3.65. The van der Waals surface area contributed by atoms with Gasteiger partial charge in [0.15, 0.2) is 5.13 Å². The van der Waals surface area contributed by atoms with Crippen LogP contribution < -0.4 is 9.64 Å². The van der Waals surface area contributed by atoms with Crippen molar-refractivity contribution in [2.45, 2.75) is 11.4 Å². The summed E-state index contributed by atoms with van der Waals surface area (Å²) >= 11 is 1.36. The number of anilines is 1. The maximum Gasteiger partial charge on any atom is 0.260 e. The van der Waals surface area contributed by atoms with Gasteiger partial charge in [0.2, 0.25) is 10.0 Å². The number of carbonyl (C=O) groups is 1. The van der Waals surface area contributed by atoms with Crippen molar-refractivity contribution in [1.82, 2.24) is 14.3 Å². The van der Waals surface area contributed by atoms with E-state index in [1.54, 1.807) is 24.3 Å². The van der Waals surface area contributed by atoms with Crippen molar-refractivity contribution >= 4 is 42.6 Å². The third kappa shape index (κ3) is 5.77. The lowest BCUT2D eigenvalue weighted by Crippen LogP contribution is -2.32. The van der Waals surface area contributed by atoms with Crippen LogP contribution in [0.25, 0.3) is 10.2 Å². The van der Waals surface area contributed by atoms with Crippen LogP contribution in [-0.4, -0.2) is 48.8 Å². The Morgan fingerprint density at radius 3 is 2.41 bits per heavy atom. The summed E-state index contributed by atoms with van der Waals surface area (Å²) in [6.45, 7) is 7.75. The Hall–Kier alpha value is -3.86. The van der Waals surface area contributed by atoms with E-state index in [-0.39, 0.29) is 30.4 Å². The highest BCUT2D eigenvalue weighted by molar-refractivity contribution is 7.89. The summed E-state index contributed by atoms with van der Waals surface area (Å²) in [5.41, 5.74) is 1.76. The van der Waals surface area contributed by atoms with E-state index in [4.69, 9.17) is 4.74 Å². The van der Waals surface area contributed by atoms with Gasteiger partial charge in [0.1, 0.15) is 5.75 Å². The molecule has 0 fully saturated rings. The first kappa shape index (κ1) is 26.2. The lowest BCUT2D eigenvalue weighted by Gasteiger charge is -2.21. The second-order valence-electron chi connectivity index (χ2n) is 7.97. The molecule has 2 aromatic heterocycles. The van der Waals surface area contributed by atoms with Crippen molar-refractivity contribution in [2.24, 2.45) is 0 Å². The lowest BCUT2D eigenvalue weighted by atomic mass is 10.2. The molecule has 0 N–H and O–H groups in total. The number of carbonyl (C=O) groups excluding carboxylic acids is 1. The van der Waals surface area contributed by atoms with E-state index in [0.29, 0.717) is 22.1 Å². The van der Waals surface area contributed by atoms with Crippen molar-refractivity contribution < 1.29 is 17.9 Å². The molecule has 4 rings (SSSR count). The van der Waals surface area contributed by atoms with Crippen LogP contribution in [-0.2, 0) is 16.6 Å². The Labute approximate surface area is 220 Å². The van der Waals surface area contributed by atoms with E-state index in [1.165, 1.54) is 52.1 Å². The van der Waals surface area contributed by atoms with Crippen LogP contribution in [0.4, 0.5) is 5.13 Å². The zero-order valence-electron chi connectivity index (χ0n) is 20.3. The van der Waals surface area contributed by atoms with E-state index in [9.17, 15) is 13.2 Å². The largest absolute Gasteiger partial charge is 0.497 e. The first-order chi connectivity index (χ1) is 17.9. The SMILES string of the molecule is C=CCN(CC=C)S(=O)(=O)c1ccc(C(=O)N(Cc2ccccn2)c2nc3ccc(OC)cc3s2)cc1. The predicted octanol–water partition coefficient (Wildman–Crippen LogP) is 4.91. The molecule has 10 heteroatoms. The maximum atomic E-state index is 13.7. The fourth-order valence-corrected chi connectivity index (χ4v) is 6.02. The van der Waals surface area contributed by atoms with E-state index in [0.717, 1.165) is 10.2 Å². The van der Waals surface area contributed by atoms with Crippen LogP contribution in [0.2, 0.25) is 0 Å². The van der Waals surface area contributed by atoms with E-state index in [1.807, 2.05) is 30.3 Å². The smallest absolute Gasteiger partial charge is 0.260 e. The highest BCUT2D eigenvalue weighted by atomic mass is 32.2. The van der Waals surface area contributed by atoms with Gasteiger partial charge >= 0.3 is 0 Å². The number of hydrogen-bond donors (Lipinski definition) is 0. The van der Waals surface area contributed by atoms with Crippen molar-refractivity contribution in [3.63, 3.8) is 0 Å². The van der Waals surface area contributed by atoms with Crippen molar-refractivity contribution in [3.8, 4) is 5.75 Å². The number of pyridine rings is 1. The van der Waals surface area contributed by atoms with Gasteiger partial charge in [-0.25, -0.2) is 13.4 Å². The zero-order valence-corrected chi connectivity index (χ0v) is 21.9. The van der Waals surface area contributed by atoms with Gasteiger partial charge in [-0.15, -0.1) is 13.2 Å². The summed E-state index contributed by atoms with van der Waals surface area (Å²) in [6.07, 6.45) is 4.70. The second-order valence-corrected chi connectivity index (χ2v) is 10.9. The molecule has 0 unspecified atom stereocenters. The number of aromatic nitrogens is 2. The van der Waals surface area contributed by atoms with Gasteiger partial charge in [-0.05, 0) is 54.6 Å². The summed E-state index contributed by atoms with van der Waals surface area (Å²) in [5.74, 6) is 0.374. The summed E-state index contributed by atoms with van der Waals surface area (Å²) in [5, 5.41) is 0.499. The minimum absolute atomic E-state index is 0.0797. The van der Waals surface area contributed by atoms with Crippen LogP contribution in [0.15, 0.2) is 97.1 Å². The third-order valence-corrected chi connectivity index (χ3v) is 8.40. The Morgan fingerprint density at radius 2 is 1.78 bits per heavy atom. The molecule has 0 saturated heterocycles. The Morgan fingerprint density at radius 1 is 1.05 bits per heavy atom. The quantitative estimate of drug-likeness (QED) is 0.254. The number of thiazole rings is 1. The normalized spacial score (nSPS) is 11.4. The van der Waals surface area contributed by atoms with Gasteiger partial charge in [0.25, 0.3) is 5.91 Å². The Balaban J connectivity index is 1.69. The fraction of sp³-hybridized carbons (Fsp3) is 0.148. The van der Waals surface area contributed by atoms with Gasteiger partial charge in [0, 0.05) is 24.8 Å². The van der Waals surface area contributed by atoms with Gasteiger partial charge < -0.3 is 4.74 Å². The molecule has 2 heterocycles. The number of amides is 1. The third-order valence-electron chi connectivity index (χ3n) is 5.51. The van der Waals surface area contributed by atoms with Crippen LogP contribution >= 0.6 is 11.3 Å². The molecule has 0 aliphatic rings. The lowest BCUT2D eigenvalue weighted by molar-refractivity contribution is 0.0984. The van der Waals surface area contributed by atoms with Gasteiger partial charge in [0.05, 0.1) is 34.5 Å². The highest BCUT2D eigenvalue weighted by Gasteiger charge is 2.25. The summed E-state index contributed by atoms with van der Waals surface area (Å²) in [4.78, 5) is 24.4. The van der Waals surface area contributed by atoms with Crippen LogP contribution in [0, 0.1) is 0 Å². The van der Waals surface area contributed by atoms with Crippen LogP contribution in [0.5, 0.6) is 5.75 Å². The molecule has 0 spiro atoms. The molecule has 2 aromatic carbocycles. The van der Waals surface area contributed by atoms with Gasteiger partial charge in [-0.2, -0.15) is 4.31 Å². The number of rotatable bonds is 11. The van der Waals surface area contributed by atoms with Crippen LogP contribution in [0.1, 0.15) is 16.1 Å². The molecule has 37 heavy (non-hydrogen) atoms. The molecular formula is C27H26N4O4S2. The molecule has 0 bridgehead atoms. The number of hydrogen-bond acceptors (Lipinski definition) is 7. The number of fused-ring (bicyclic) bond motifs is 1. The summed E-state index contributed by atoms with van der Waals surface area (Å²) in [6, 6.07) is 16.9. The molecule has 0 aliphatic heterocycles. The van der Waals surface area contributed by atoms with Crippen molar-refractivity contribution in [1.29, 1.82) is 0 Å². The topological polar surface area (TPSA) is 92.7 Å². The molecule has 8 nitrogen and oxygen atoms in total. The Kier molecular flexibility index (Phi) is 8.12. The van der Waals surface area contributed by atoms with Crippen LogP contribution in [0.3, 0.4) is 0 Å². The van der Waals surface area contributed by atoms with E-state index < -0.39 is 10.0 Å². The van der Waals surface area contributed by atoms with E-state index >= 15 is 0 Å². The first-order valence-electron chi connectivity index (χ1n) is 11.4. The Bertz CT molecular complexity index is 1510. The molecule has 4 aromatic rings. The average Bonchev–Trinajstić information content (AvgIpc) is 3.35. The van der Waals surface area contributed by atoms with Gasteiger partial charge in [-0.3, -0.25) is 14.7 Å². The number of benzene rings is 2. The molecule has 190 valence electrons. The molecular weight excluding hydrogens is 508 g/mol. The van der Waals surface area contributed by atoms with Crippen molar-refractivity contribution in [3.05, 3.63) is 103 Å². The average molecular weight is 535 g/mol. The molecule has 0 atom stereocenters. The zero-order chi connectivity index (χ0) is 26.4. The minimum Gasteiger partial charge on any atom is -0.497 e. The highest BCUT2D eigenvalue weighted by Crippen LogP contribution is 2.33. The number of ether oxygens (including phenoxy) is 1. The standard InChI is InChI=1S/C27H26N4O4S2/c1-4-16-30(17-5-2)37(33,34)23-12-9-20(10-13-23)26(32)31(19-21-8-6-7-15-28-21)27-29-24-14-11-22(35-3)18-25(24)36-27/h4-15,18H,1-2,16-17,19H2,3H3. The summed E-state index contributed by atoms with van der Waals surface area (Å²) < 4.78 is 33.5. The number of methoxy groups -OCH3 is 1. The van der Waals surface area contributed by atoms with Crippen molar-refractivity contribution in [2.75, 3.05) is 25.1 Å².